The van der Waals surface area contributed by atoms with Gasteiger partial charge in [0.25, 0.3) is 0 Å². The van der Waals surface area contributed by atoms with Gasteiger partial charge in [0, 0.05) is 12.4 Å². The van der Waals surface area contributed by atoms with Crippen LogP contribution < -0.4 is 4.74 Å². The summed E-state index contributed by atoms with van der Waals surface area (Å²) in [5.41, 5.74) is 0.0382. The summed E-state index contributed by atoms with van der Waals surface area (Å²) in [6, 6.07) is 9.74. The summed E-state index contributed by atoms with van der Waals surface area (Å²) in [6.45, 7) is 0. The molecule has 1 heterocycles. The van der Waals surface area contributed by atoms with Crippen LogP contribution in [0.25, 0.3) is 0 Å². The first-order valence-corrected chi connectivity index (χ1v) is 5.12. The second-order valence-corrected chi connectivity index (χ2v) is 3.47. The zero-order valence-electron chi connectivity index (χ0n) is 9.24. The number of carboxylic acids is 1. The Morgan fingerprint density at radius 3 is 2.39 bits per heavy atom. The molecule has 0 amide bonds. The highest BCUT2D eigenvalue weighted by Crippen LogP contribution is 2.12. The van der Waals surface area contributed by atoms with Crippen LogP contribution in [0.5, 0.6) is 5.75 Å². The third-order valence-electron chi connectivity index (χ3n) is 2.17. The molecule has 0 spiro atoms. The molecule has 0 aliphatic carbocycles. The van der Waals surface area contributed by atoms with Crippen molar-refractivity contribution in [3.8, 4) is 5.75 Å². The summed E-state index contributed by atoms with van der Waals surface area (Å²) in [4.78, 5) is 26.2. The van der Waals surface area contributed by atoms with Crippen molar-refractivity contribution >= 4 is 11.9 Å². The molecular weight excluding hydrogens is 234 g/mol. The van der Waals surface area contributed by atoms with Gasteiger partial charge in [-0.05, 0) is 18.2 Å². The van der Waals surface area contributed by atoms with Crippen LogP contribution in [0.3, 0.4) is 0 Å². The molecule has 0 saturated carbocycles. The van der Waals surface area contributed by atoms with Gasteiger partial charge in [-0.3, -0.25) is 4.98 Å². The highest BCUT2D eigenvalue weighted by molar-refractivity contribution is 5.94. The molecule has 0 bridgehead atoms. The van der Waals surface area contributed by atoms with Gasteiger partial charge in [0.05, 0.1) is 11.1 Å². The van der Waals surface area contributed by atoms with E-state index in [4.69, 9.17) is 9.84 Å². The SMILES string of the molecule is O=C(O)c1cncc(C(=O)Oc2ccccc2)c1. The molecule has 0 radical (unpaired) electrons. The number of carbonyl (C=O) groups excluding carboxylic acids is 1. The lowest BCUT2D eigenvalue weighted by atomic mass is 10.2. The van der Waals surface area contributed by atoms with Crippen molar-refractivity contribution in [2.75, 3.05) is 0 Å². The molecule has 0 atom stereocenters. The van der Waals surface area contributed by atoms with E-state index in [0.29, 0.717) is 5.75 Å². The Hall–Kier alpha value is -2.69. The van der Waals surface area contributed by atoms with Crippen molar-refractivity contribution in [2.24, 2.45) is 0 Å². The number of para-hydroxylation sites is 1. The van der Waals surface area contributed by atoms with E-state index in [1.807, 2.05) is 0 Å². The molecule has 1 aromatic carbocycles. The highest BCUT2D eigenvalue weighted by atomic mass is 16.5. The van der Waals surface area contributed by atoms with Crippen molar-refractivity contribution < 1.29 is 19.4 Å². The number of ether oxygens (including phenoxy) is 1. The molecular formula is C13H9NO4. The van der Waals surface area contributed by atoms with Crippen LogP contribution >= 0.6 is 0 Å². The maximum atomic E-state index is 11.7. The number of carboxylic acid groups (broad SMARTS) is 1. The molecule has 0 unspecified atom stereocenters. The zero-order valence-corrected chi connectivity index (χ0v) is 9.24. The molecule has 0 aliphatic heterocycles. The monoisotopic (exact) mass is 243 g/mol. The second kappa shape index (κ2) is 5.09. The molecule has 1 N–H and O–H groups in total. The normalized spacial score (nSPS) is 9.78. The average Bonchev–Trinajstić information content (AvgIpc) is 2.40. The summed E-state index contributed by atoms with van der Waals surface area (Å²) < 4.78 is 5.06. The number of aromatic carboxylic acids is 1. The summed E-state index contributed by atoms with van der Waals surface area (Å²) in [6.07, 6.45) is 2.43. The molecule has 0 aliphatic rings. The highest BCUT2D eigenvalue weighted by Gasteiger charge is 2.12. The maximum Gasteiger partial charge on any atom is 0.345 e. The lowest BCUT2D eigenvalue weighted by Gasteiger charge is -2.04. The number of rotatable bonds is 3. The van der Waals surface area contributed by atoms with Crippen LogP contribution in [0.1, 0.15) is 20.7 Å². The van der Waals surface area contributed by atoms with Crippen LogP contribution in [0.15, 0.2) is 48.8 Å². The fourth-order valence-electron chi connectivity index (χ4n) is 1.32. The van der Waals surface area contributed by atoms with Crippen molar-refractivity contribution in [3.05, 3.63) is 59.9 Å². The number of hydrogen-bond acceptors (Lipinski definition) is 4. The molecule has 5 heteroatoms. The van der Waals surface area contributed by atoms with E-state index >= 15 is 0 Å². The predicted molar refractivity (Wildman–Crippen MR) is 62.6 cm³/mol. The Morgan fingerprint density at radius 2 is 1.72 bits per heavy atom. The van der Waals surface area contributed by atoms with Gasteiger partial charge < -0.3 is 9.84 Å². The first-order valence-electron chi connectivity index (χ1n) is 5.12. The largest absolute Gasteiger partial charge is 0.478 e. The minimum absolute atomic E-state index is 0.0579. The molecule has 1 aromatic heterocycles. The third kappa shape index (κ3) is 2.70. The van der Waals surface area contributed by atoms with E-state index in [-0.39, 0.29) is 11.1 Å². The fourth-order valence-corrected chi connectivity index (χ4v) is 1.32. The van der Waals surface area contributed by atoms with Crippen LogP contribution in [0.4, 0.5) is 0 Å². The summed E-state index contributed by atoms with van der Waals surface area (Å²) in [5.74, 6) is -1.39. The minimum Gasteiger partial charge on any atom is -0.478 e. The number of aromatic nitrogens is 1. The summed E-state index contributed by atoms with van der Waals surface area (Å²) >= 11 is 0. The van der Waals surface area contributed by atoms with E-state index in [9.17, 15) is 9.59 Å². The lowest BCUT2D eigenvalue weighted by molar-refractivity contribution is 0.0696. The first-order chi connectivity index (χ1) is 8.66. The first kappa shape index (κ1) is 11.8. The molecule has 18 heavy (non-hydrogen) atoms. The van der Waals surface area contributed by atoms with E-state index in [1.54, 1.807) is 30.3 Å². The number of benzene rings is 1. The van der Waals surface area contributed by atoms with Crippen LogP contribution in [-0.4, -0.2) is 22.0 Å². The zero-order chi connectivity index (χ0) is 13.0. The summed E-state index contributed by atoms with van der Waals surface area (Å²) in [5, 5.41) is 8.79. The van der Waals surface area contributed by atoms with Gasteiger partial charge >= 0.3 is 11.9 Å². The Bertz CT molecular complexity index is 581. The van der Waals surface area contributed by atoms with Crippen LogP contribution in [0.2, 0.25) is 0 Å². The molecule has 90 valence electrons. The Morgan fingerprint density at radius 1 is 1.06 bits per heavy atom. The van der Waals surface area contributed by atoms with E-state index in [2.05, 4.69) is 4.98 Å². The van der Waals surface area contributed by atoms with Gasteiger partial charge in [0.1, 0.15) is 5.75 Å². The Kier molecular flexibility index (Phi) is 3.33. The summed E-state index contributed by atoms with van der Waals surface area (Å²) in [7, 11) is 0. The van der Waals surface area contributed by atoms with Crippen molar-refractivity contribution in [3.63, 3.8) is 0 Å². The molecule has 5 nitrogen and oxygen atoms in total. The van der Waals surface area contributed by atoms with Crippen LogP contribution in [-0.2, 0) is 0 Å². The number of hydrogen-bond donors (Lipinski definition) is 1. The number of carbonyl (C=O) groups is 2. The van der Waals surface area contributed by atoms with E-state index < -0.39 is 11.9 Å². The predicted octanol–water partition coefficient (Wildman–Crippen LogP) is 2.00. The van der Waals surface area contributed by atoms with E-state index in [0.717, 1.165) is 0 Å². The second-order valence-electron chi connectivity index (χ2n) is 3.47. The van der Waals surface area contributed by atoms with Gasteiger partial charge in [-0.1, -0.05) is 18.2 Å². The topological polar surface area (TPSA) is 76.5 Å². The molecule has 2 aromatic rings. The Balaban J connectivity index is 2.19. The van der Waals surface area contributed by atoms with Gasteiger partial charge in [0.2, 0.25) is 0 Å². The third-order valence-corrected chi connectivity index (χ3v) is 2.17. The number of esters is 1. The van der Waals surface area contributed by atoms with Gasteiger partial charge in [-0.2, -0.15) is 0 Å². The Labute approximate surface area is 103 Å². The molecule has 2 rings (SSSR count). The minimum atomic E-state index is -1.14. The molecule has 0 fully saturated rings. The lowest BCUT2D eigenvalue weighted by Crippen LogP contribution is -2.10. The average molecular weight is 243 g/mol. The quantitative estimate of drug-likeness (QED) is 0.659. The number of pyridine rings is 1. The van der Waals surface area contributed by atoms with Crippen molar-refractivity contribution in [1.29, 1.82) is 0 Å². The van der Waals surface area contributed by atoms with Gasteiger partial charge in [-0.25, -0.2) is 9.59 Å². The number of nitrogens with zero attached hydrogens (tertiary/aromatic N) is 1. The van der Waals surface area contributed by atoms with E-state index in [1.165, 1.54) is 18.5 Å². The standard InChI is InChI=1S/C13H9NO4/c15-12(16)9-6-10(8-14-7-9)13(17)18-11-4-2-1-3-5-11/h1-8H,(H,15,16). The van der Waals surface area contributed by atoms with Crippen LogP contribution in [0, 0.1) is 0 Å². The fraction of sp³-hybridized carbons (Fsp3) is 0. The molecule has 0 saturated heterocycles. The smallest absolute Gasteiger partial charge is 0.345 e. The maximum absolute atomic E-state index is 11.7. The van der Waals surface area contributed by atoms with Gasteiger partial charge in [-0.15, -0.1) is 0 Å². The van der Waals surface area contributed by atoms with Crippen molar-refractivity contribution in [2.45, 2.75) is 0 Å². The van der Waals surface area contributed by atoms with Gasteiger partial charge in [0.15, 0.2) is 0 Å². The van der Waals surface area contributed by atoms with Crippen molar-refractivity contribution in [1.82, 2.24) is 4.98 Å².